The van der Waals surface area contributed by atoms with Gasteiger partial charge in [0.25, 0.3) is 0 Å². The number of phenolic OH excluding ortho intramolecular Hbond substituents is 1. The maximum atomic E-state index is 11.2. The van der Waals surface area contributed by atoms with E-state index in [4.69, 9.17) is 14.3 Å². The lowest BCUT2D eigenvalue weighted by atomic mass is 10.1. The normalized spacial score (nSPS) is 12.9. The highest BCUT2D eigenvalue weighted by molar-refractivity contribution is 5.80. The summed E-state index contributed by atoms with van der Waals surface area (Å²) in [5, 5.41) is 28.9. The van der Waals surface area contributed by atoms with E-state index in [1.165, 1.54) is 12.1 Å². The number of fused-ring (bicyclic) bond motifs is 1. The topological polar surface area (TPSA) is 112 Å². The highest BCUT2D eigenvalue weighted by Crippen LogP contribution is 2.25. The number of benzene rings is 2. The summed E-state index contributed by atoms with van der Waals surface area (Å²) in [6.45, 7) is -0.639. The first-order valence-electron chi connectivity index (χ1n) is 7.80. The Balaban J connectivity index is 2.24. The van der Waals surface area contributed by atoms with Gasteiger partial charge in [0.15, 0.2) is 6.04 Å². The Hall–Kier alpha value is -3.32. The second kappa shape index (κ2) is 7.28. The van der Waals surface area contributed by atoms with Gasteiger partial charge in [-0.25, -0.2) is 4.79 Å². The molecule has 0 saturated carbocycles. The van der Waals surface area contributed by atoms with Crippen molar-refractivity contribution in [3.05, 3.63) is 53.9 Å². The van der Waals surface area contributed by atoms with E-state index in [1.807, 2.05) is 0 Å². The third-order valence-electron chi connectivity index (χ3n) is 3.85. The molecule has 0 aliphatic carbocycles. The fourth-order valence-electron chi connectivity index (χ4n) is 2.50. The lowest BCUT2D eigenvalue weighted by molar-refractivity contribution is -0.139. The zero-order valence-corrected chi connectivity index (χ0v) is 13.9. The number of methoxy groups -OCH3 is 1. The number of carboxylic acid groups (broad SMARTS) is 1. The third kappa shape index (κ3) is 3.52. The van der Waals surface area contributed by atoms with E-state index in [1.54, 1.807) is 43.5 Å². The average molecular weight is 355 g/mol. The Morgan fingerprint density at radius 2 is 1.92 bits per heavy atom. The first kappa shape index (κ1) is 17.5. The molecule has 26 heavy (non-hydrogen) atoms. The van der Waals surface area contributed by atoms with Crippen LogP contribution in [0.25, 0.3) is 22.3 Å². The van der Waals surface area contributed by atoms with Crippen molar-refractivity contribution in [3.63, 3.8) is 0 Å². The summed E-state index contributed by atoms with van der Waals surface area (Å²) < 4.78 is 11.0. The number of aliphatic carboxylic acids is 1. The second-order valence-corrected chi connectivity index (χ2v) is 5.57. The van der Waals surface area contributed by atoms with Gasteiger partial charge < -0.3 is 24.5 Å². The minimum absolute atomic E-state index is 0.00257. The van der Waals surface area contributed by atoms with E-state index < -0.39 is 18.6 Å². The lowest BCUT2D eigenvalue weighted by Gasteiger charge is -2.08. The summed E-state index contributed by atoms with van der Waals surface area (Å²) in [6, 6.07) is 11.9. The van der Waals surface area contributed by atoms with Crippen LogP contribution < -0.4 is 10.1 Å². The van der Waals surface area contributed by atoms with Crippen molar-refractivity contribution in [2.45, 2.75) is 6.04 Å². The monoisotopic (exact) mass is 355 g/mol. The predicted molar refractivity (Wildman–Crippen MR) is 93.9 cm³/mol. The number of nitrogens with zero attached hydrogens (tertiary/aromatic N) is 1. The predicted octanol–water partition coefficient (Wildman–Crippen LogP) is 2.16. The quantitative estimate of drug-likeness (QED) is 0.646. The Morgan fingerprint density at radius 3 is 2.54 bits per heavy atom. The van der Waals surface area contributed by atoms with E-state index in [0.29, 0.717) is 27.8 Å². The van der Waals surface area contributed by atoms with Gasteiger partial charge >= 0.3 is 5.97 Å². The zero-order chi connectivity index (χ0) is 18.7. The Morgan fingerprint density at radius 1 is 1.19 bits per heavy atom. The van der Waals surface area contributed by atoms with Gasteiger partial charge in [0.1, 0.15) is 22.8 Å². The fourth-order valence-corrected chi connectivity index (χ4v) is 2.50. The molecule has 1 atom stereocenters. The van der Waals surface area contributed by atoms with E-state index in [-0.39, 0.29) is 5.75 Å². The number of ether oxygens (including phenoxy) is 1. The molecule has 0 aliphatic heterocycles. The molecule has 0 radical (unpaired) electrons. The number of aromatic hydroxyl groups is 1. The summed E-state index contributed by atoms with van der Waals surface area (Å²) in [4.78, 5) is 15.3. The number of aliphatic hydroxyl groups excluding tert-OH is 1. The Labute approximate surface area is 148 Å². The smallest absolute Gasteiger partial charge is 0.330 e. The number of hydrogen-bond acceptors (Lipinski definition) is 6. The van der Waals surface area contributed by atoms with E-state index in [9.17, 15) is 15.0 Å². The van der Waals surface area contributed by atoms with Crippen molar-refractivity contribution in [2.75, 3.05) is 13.7 Å². The first-order chi connectivity index (χ1) is 12.5. The Kier molecular flexibility index (Phi) is 4.90. The highest BCUT2D eigenvalue weighted by Gasteiger charge is 2.15. The van der Waals surface area contributed by atoms with Crippen LogP contribution in [0.2, 0.25) is 0 Å². The van der Waals surface area contributed by atoms with Gasteiger partial charge in [-0.15, -0.1) is 0 Å². The lowest BCUT2D eigenvalue weighted by Crippen LogP contribution is -2.25. The molecular weight excluding hydrogens is 338 g/mol. The van der Waals surface area contributed by atoms with Crippen LogP contribution in [-0.2, 0) is 4.79 Å². The van der Waals surface area contributed by atoms with E-state index >= 15 is 0 Å². The molecule has 0 spiro atoms. The van der Waals surface area contributed by atoms with Crippen molar-refractivity contribution in [2.24, 2.45) is 4.99 Å². The largest absolute Gasteiger partial charge is 0.508 e. The number of aliphatic hydroxyl groups is 1. The van der Waals surface area contributed by atoms with Crippen LogP contribution >= 0.6 is 0 Å². The molecule has 1 unspecified atom stereocenters. The Bertz CT molecular complexity index is 1010. The average Bonchev–Trinajstić information content (AvgIpc) is 2.65. The van der Waals surface area contributed by atoms with E-state index in [0.717, 1.165) is 5.56 Å². The van der Waals surface area contributed by atoms with Crippen molar-refractivity contribution < 1.29 is 29.3 Å². The van der Waals surface area contributed by atoms with Crippen LogP contribution in [-0.4, -0.2) is 41.0 Å². The van der Waals surface area contributed by atoms with Crippen LogP contribution in [0.5, 0.6) is 11.5 Å². The molecular formula is C19H17NO6. The number of carboxylic acids is 1. The molecule has 0 amide bonds. The molecule has 7 nitrogen and oxygen atoms in total. The molecule has 0 bridgehead atoms. The maximum Gasteiger partial charge on any atom is 0.330 e. The van der Waals surface area contributed by atoms with Gasteiger partial charge in [-0.2, -0.15) is 0 Å². The third-order valence-corrected chi connectivity index (χ3v) is 3.85. The van der Waals surface area contributed by atoms with Crippen molar-refractivity contribution in [1.82, 2.24) is 0 Å². The van der Waals surface area contributed by atoms with Gasteiger partial charge in [-0.1, -0.05) is 0 Å². The molecule has 3 N–H and O–H groups in total. The zero-order valence-electron chi connectivity index (χ0n) is 13.9. The van der Waals surface area contributed by atoms with Crippen LogP contribution in [0.1, 0.15) is 0 Å². The summed E-state index contributed by atoms with van der Waals surface area (Å²) in [5.41, 5.74) is 1.17. The number of phenols is 1. The van der Waals surface area contributed by atoms with E-state index in [2.05, 4.69) is 4.99 Å². The molecule has 2 aromatic carbocycles. The second-order valence-electron chi connectivity index (χ2n) is 5.57. The SMILES string of the molecule is COc1ccc(-c2cc(=NC(CO)C(=O)O)c3cc(O)ccc3o2)cc1. The van der Waals surface area contributed by atoms with Crippen LogP contribution in [0.15, 0.2) is 57.9 Å². The summed E-state index contributed by atoms with van der Waals surface area (Å²) >= 11 is 0. The minimum atomic E-state index is -1.31. The van der Waals surface area contributed by atoms with Crippen LogP contribution in [0, 0.1) is 0 Å². The molecule has 3 aromatic rings. The van der Waals surface area contributed by atoms with Gasteiger partial charge in [0.2, 0.25) is 0 Å². The van der Waals surface area contributed by atoms with Crippen molar-refractivity contribution in [3.8, 4) is 22.8 Å². The molecule has 0 aliphatic rings. The van der Waals surface area contributed by atoms with Gasteiger partial charge in [0, 0.05) is 17.0 Å². The maximum absolute atomic E-state index is 11.2. The molecule has 1 heterocycles. The first-order valence-corrected chi connectivity index (χ1v) is 7.80. The minimum Gasteiger partial charge on any atom is -0.508 e. The van der Waals surface area contributed by atoms with Gasteiger partial charge in [0.05, 0.1) is 19.1 Å². The number of rotatable bonds is 5. The fraction of sp³-hybridized carbons (Fsp3) is 0.158. The molecule has 134 valence electrons. The van der Waals surface area contributed by atoms with Crippen molar-refractivity contribution in [1.29, 1.82) is 0 Å². The molecule has 0 fully saturated rings. The van der Waals surface area contributed by atoms with Crippen LogP contribution in [0.4, 0.5) is 0 Å². The summed E-state index contributed by atoms with van der Waals surface area (Å²) in [7, 11) is 1.57. The molecule has 7 heteroatoms. The molecule has 3 rings (SSSR count). The standard InChI is InChI=1S/C19H17NO6/c1-25-13-5-2-11(3-6-13)18-9-15(20-16(10-21)19(23)24)14-8-12(22)4-7-17(14)26-18/h2-9,16,21-22H,10H2,1H3,(H,23,24). The number of carbonyl (C=O) groups is 1. The van der Waals surface area contributed by atoms with Crippen LogP contribution in [0.3, 0.4) is 0 Å². The summed E-state index contributed by atoms with van der Waals surface area (Å²) in [6.07, 6.45) is 0. The number of hydrogen-bond donors (Lipinski definition) is 3. The van der Waals surface area contributed by atoms with Crippen molar-refractivity contribution >= 4 is 16.9 Å². The van der Waals surface area contributed by atoms with Gasteiger partial charge in [-0.05, 0) is 42.5 Å². The highest BCUT2D eigenvalue weighted by atomic mass is 16.5. The van der Waals surface area contributed by atoms with Gasteiger partial charge in [-0.3, -0.25) is 4.99 Å². The molecule has 0 saturated heterocycles. The summed E-state index contributed by atoms with van der Waals surface area (Å²) in [5.74, 6) is -0.0907. The molecule has 1 aromatic heterocycles.